The van der Waals surface area contributed by atoms with E-state index in [1.807, 2.05) is 31.7 Å². The number of pyridine rings is 2. The van der Waals surface area contributed by atoms with Crippen molar-refractivity contribution in [2.75, 3.05) is 39.0 Å². The molecule has 6 rings (SSSR count). The summed E-state index contributed by atoms with van der Waals surface area (Å²) >= 11 is 0. The van der Waals surface area contributed by atoms with Crippen LogP contribution in [0.1, 0.15) is 62.7 Å². The first kappa shape index (κ1) is 34.5. The molecule has 1 saturated heterocycles. The molecule has 1 aromatic carbocycles. The lowest BCUT2D eigenvalue weighted by molar-refractivity contribution is -0.194. The number of fused-ring (bicyclic) bond motifs is 5. The van der Waals surface area contributed by atoms with E-state index in [9.17, 15) is 32.7 Å². The summed E-state index contributed by atoms with van der Waals surface area (Å²) in [5, 5.41) is 14.8. The SMILES string of the molecule is CCc1ccc(OC(=O)N2CCN(CC(=O)NC(C)C)CC2)c2cc3c(nc12)-c1cc2c(c(=O)n1C3)C(OS(C)(=O)=O)OC(=O)[C@]2(O)CC. The Morgan fingerprint density at radius 1 is 1.14 bits per heavy atom. The van der Waals surface area contributed by atoms with Crippen molar-refractivity contribution < 1.29 is 41.6 Å². The normalized spacial score (nSPS) is 20.5. The van der Waals surface area contributed by atoms with Crippen LogP contribution in [0.2, 0.25) is 0 Å². The molecule has 49 heavy (non-hydrogen) atoms. The minimum Gasteiger partial charge on any atom is -0.427 e. The van der Waals surface area contributed by atoms with Gasteiger partial charge < -0.3 is 29.4 Å². The standard InChI is InChI=1S/C33H39N5O10S/c1-6-19-8-9-24(46-32(42)37-12-10-36(11-13-37)17-25(39)34-18(3)4)21-14-20-16-38-23(28(20)35-27(19)21)15-22-26(29(38)40)30(48-49(5,44)45)47-31(41)33(22,43)7-2/h8-9,14-15,18,30,43H,6-7,10-13,16-17H2,1-5H3,(H,34,39)/t30?,33-/m0/s1. The number of hydrogen-bond donors (Lipinski definition) is 2. The predicted octanol–water partition coefficient (Wildman–Crippen LogP) is 1.76. The molecule has 15 nitrogen and oxygen atoms in total. The maximum absolute atomic E-state index is 14.0. The van der Waals surface area contributed by atoms with E-state index in [1.54, 1.807) is 17.0 Å². The summed E-state index contributed by atoms with van der Waals surface area (Å²) in [5.41, 5.74) is -0.544. The zero-order chi connectivity index (χ0) is 35.4. The maximum Gasteiger partial charge on any atom is 0.415 e. The molecular formula is C33H39N5O10S. The number of carbonyl (C=O) groups excluding carboxylic acids is 3. The average molecular weight is 698 g/mol. The van der Waals surface area contributed by atoms with Crippen molar-refractivity contribution in [3.8, 4) is 17.1 Å². The lowest BCUT2D eigenvalue weighted by Crippen LogP contribution is -2.52. The van der Waals surface area contributed by atoms with E-state index < -0.39 is 39.6 Å². The van der Waals surface area contributed by atoms with Crippen LogP contribution in [0.4, 0.5) is 4.79 Å². The maximum atomic E-state index is 14.0. The molecule has 5 heterocycles. The average Bonchev–Trinajstić information content (AvgIpc) is 3.40. The Balaban J connectivity index is 1.33. The van der Waals surface area contributed by atoms with Crippen LogP contribution < -0.4 is 15.6 Å². The van der Waals surface area contributed by atoms with Crippen LogP contribution in [0.25, 0.3) is 22.3 Å². The summed E-state index contributed by atoms with van der Waals surface area (Å²) in [4.78, 5) is 60.9. The molecule has 3 aliphatic rings. The number of benzene rings is 1. The fourth-order valence-electron chi connectivity index (χ4n) is 6.55. The molecule has 0 bridgehead atoms. The zero-order valence-electron chi connectivity index (χ0n) is 27.9. The van der Waals surface area contributed by atoms with Crippen LogP contribution in [-0.4, -0.2) is 95.9 Å². The lowest BCUT2D eigenvalue weighted by atomic mass is 9.85. The molecular weight excluding hydrogens is 658 g/mol. The molecule has 2 N–H and O–H groups in total. The number of ether oxygens (including phenoxy) is 2. The van der Waals surface area contributed by atoms with Gasteiger partial charge in [-0.25, -0.2) is 18.8 Å². The van der Waals surface area contributed by atoms with Gasteiger partial charge in [0.1, 0.15) is 5.75 Å². The molecule has 16 heteroatoms. The van der Waals surface area contributed by atoms with Crippen LogP contribution in [0.15, 0.2) is 29.1 Å². The summed E-state index contributed by atoms with van der Waals surface area (Å²) in [6, 6.07) is 6.84. The first-order chi connectivity index (χ1) is 23.1. The van der Waals surface area contributed by atoms with Gasteiger partial charge in [-0.2, -0.15) is 8.42 Å². The first-order valence-corrected chi connectivity index (χ1v) is 18.0. The van der Waals surface area contributed by atoms with Gasteiger partial charge in [0.15, 0.2) is 5.60 Å². The van der Waals surface area contributed by atoms with Crippen molar-refractivity contribution in [2.45, 2.75) is 65.0 Å². The number of esters is 1. The highest BCUT2D eigenvalue weighted by atomic mass is 32.2. The molecule has 0 saturated carbocycles. The number of aromatic nitrogens is 2. The summed E-state index contributed by atoms with van der Waals surface area (Å²) in [6.07, 6.45) is -1.19. The molecule has 3 aliphatic heterocycles. The Bertz CT molecular complexity index is 2040. The van der Waals surface area contributed by atoms with Crippen molar-refractivity contribution in [1.82, 2.24) is 24.7 Å². The summed E-state index contributed by atoms with van der Waals surface area (Å²) in [6.45, 7) is 9.38. The smallest absolute Gasteiger partial charge is 0.415 e. The highest BCUT2D eigenvalue weighted by Crippen LogP contribution is 2.43. The van der Waals surface area contributed by atoms with E-state index in [-0.39, 0.29) is 48.3 Å². The molecule has 2 amide bonds. The molecule has 3 aromatic rings. The van der Waals surface area contributed by atoms with Crippen molar-refractivity contribution in [3.05, 3.63) is 56.9 Å². The molecule has 0 aliphatic carbocycles. The van der Waals surface area contributed by atoms with Gasteiger partial charge in [0.2, 0.25) is 5.91 Å². The lowest BCUT2D eigenvalue weighted by Gasteiger charge is -2.35. The van der Waals surface area contributed by atoms with E-state index in [1.165, 1.54) is 17.6 Å². The third kappa shape index (κ3) is 6.40. The zero-order valence-corrected chi connectivity index (χ0v) is 28.8. The Morgan fingerprint density at radius 2 is 1.86 bits per heavy atom. The number of nitrogens with zero attached hydrogens (tertiary/aromatic N) is 4. The third-order valence-corrected chi connectivity index (χ3v) is 9.57. The topological polar surface area (TPSA) is 187 Å². The van der Waals surface area contributed by atoms with Crippen LogP contribution >= 0.6 is 0 Å². The van der Waals surface area contributed by atoms with Gasteiger partial charge in [-0.05, 0) is 50.5 Å². The van der Waals surface area contributed by atoms with Crippen molar-refractivity contribution in [1.29, 1.82) is 0 Å². The fourth-order valence-corrected chi connectivity index (χ4v) is 7.00. The van der Waals surface area contributed by atoms with Crippen molar-refractivity contribution >= 4 is 39.0 Å². The van der Waals surface area contributed by atoms with Gasteiger partial charge in [0.25, 0.3) is 22.0 Å². The minimum absolute atomic E-state index is 0.0277. The fraction of sp³-hybridized carbons (Fsp3) is 0.485. The minimum atomic E-state index is -4.17. The van der Waals surface area contributed by atoms with Crippen LogP contribution in [0, 0.1) is 0 Å². The van der Waals surface area contributed by atoms with Gasteiger partial charge in [-0.15, -0.1) is 0 Å². The molecule has 2 aromatic heterocycles. The van der Waals surface area contributed by atoms with Gasteiger partial charge in [-0.1, -0.05) is 19.9 Å². The number of rotatable bonds is 8. The van der Waals surface area contributed by atoms with Gasteiger partial charge in [0, 0.05) is 48.7 Å². The monoisotopic (exact) mass is 697 g/mol. The Kier molecular flexibility index (Phi) is 9.02. The molecule has 1 fully saturated rings. The number of nitrogens with one attached hydrogen (secondary N) is 1. The number of aliphatic hydroxyl groups is 1. The van der Waals surface area contributed by atoms with Crippen molar-refractivity contribution in [2.24, 2.45) is 0 Å². The summed E-state index contributed by atoms with van der Waals surface area (Å²) in [7, 11) is -4.17. The van der Waals surface area contributed by atoms with E-state index in [4.69, 9.17) is 18.6 Å². The molecule has 0 spiro atoms. The van der Waals surface area contributed by atoms with E-state index in [2.05, 4.69) is 5.32 Å². The Labute approximate surface area is 282 Å². The quantitative estimate of drug-likeness (QED) is 0.201. The second-order valence-corrected chi connectivity index (χ2v) is 14.4. The second-order valence-electron chi connectivity index (χ2n) is 12.8. The van der Waals surface area contributed by atoms with E-state index in [0.717, 1.165) is 11.8 Å². The third-order valence-electron chi connectivity index (χ3n) is 9.05. The number of amides is 2. The highest BCUT2D eigenvalue weighted by molar-refractivity contribution is 7.86. The highest BCUT2D eigenvalue weighted by Gasteiger charge is 2.50. The van der Waals surface area contributed by atoms with Crippen LogP contribution in [0.3, 0.4) is 0 Å². The molecule has 1 unspecified atom stereocenters. The van der Waals surface area contributed by atoms with Gasteiger partial charge >= 0.3 is 12.1 Å². The second kappa shape index (κ2) is 12.8. The van der Waals surface area contributed by atoms with Gasteiger partial charge in [-0.3, -0.25) is 14.5 Å². The Morgan fingerprint density at radius 3 is 2.49 bits per heavy atom. The van der Waals surface area contributed by atoms with Gasteiger partial charge in [0.05, 0.1) is 41.8 Å². The Hall–Kier alpha value is -4.38. The number of aryl methyl sites for hydroxylation is 1. The molecule has 262 valence electrons. The summed E-state index contributed by atoms with van der Waals surface area (Å²) < 4.78 is 41.4. The van der Waals surface area contributed by atoms with E-state index in [0.29, 0.717) is 60.5 Å². The molecule has 2 atom stereocenters. The number of carbonyl (C=O) groups is 3. The number of cyclic esters (lactones) is 1. The van der Waals surface area contributed by atoms with Crippen LogP contribution in [-0.2, 0) is 47.2 Å². The largest absolute Gasteiger partial charge is 0.427 e. The number of hydrogen-bond acceptors (Lipinski definition) is 12. The van der Waals surface area contributed by atoms with E-state index >= 15 is 0 Å². The van der Waals surface area contributed by atoms with Crippen LogP contribution in [0.5, 0.6) is 5.75 Å². The predicted molar refractivity (Wildman–Crippen MR) is 176 cm³/mol. The molecule has 0 radical (unpaired) electrons. The first-order valence-electron chi connectivity index (χ1n) is 16.2. The number of piperazine rings is 1. The van der Waals surface area contributed by atoms with Crippen molar-refractivity contribution in [3.63, 3.8) is 0 Å². The summed E-state index contributed by atoms with van der Waals surface area (Å²) in [5.74, 6) is -0.916.